The number of benzene rings is 3. The number of carbonyl (C=O) groups is 1. The lowest BCUT2D eigenvalue weighted by Gasteiger charge is -2.18. The van der Waals surface area contributed by atoms with Gasteiger partial charge in [0.05, 0.1) is 0 Å². The van der Waals surface area contributed by atoms with Crippen molar-refractivity contribution in [1.29, 1.82) is 0 Å². The number of esters is 1. The Morgan fingerprint density at radius 3 is 2.22 bits per heavy atom. The van der Waals surface area contributed by atoms with E-state index in [1.54, 1.807) is 6.08 Å². The normalized spacial score (nSPS) is 11.1. The number of ether oxygens (including phenoxy) is 2. The molecule has 0 N–H and O–H groups in total. The van der Waals surface area contributed by atoms with Crippen molar-refractivity contribution in [2.24, 2.45) is 0 Å². The van der Waals surface area contributed by atoms with Gasteiger partial charge in [-0.2, -0.15) is 0 Å². The molecule has 3 aromatic carbocycles. The molecule has 0 aliphatic rings. The average molecular weight is 430 g/mol. The lowest BCUT2D eigenvalue weighted by Crippen LogP contribution is -2.22. The Balaban J connectivity index is 1.47. The van der Waals surface area contributed by atoms with Crippen LogP contribution in [0.2, 0.25) is 0 Å². The van der Waals surface area contributed by atoms with Crippen LogP contribution in [0, 0.1) is 0 Å². The summed E-state index contributed by atoms with van der Waals surface area (Å²) in [5, 5.41) is 0. The van der Waals surface area contributed by atoms with Crippen molar-refractivity contribution < 1.29 is 14.3 Å². The second kappa shape index (κ2) is 12.5. The van der Waals surface area contributed by atoms with Crippen molar-refractivity contribution >= 4 is 12.0 Å². The first-order valence-electron chi connectivity index (χ1n) is 11.1. The zero-order chi connectivity index (χ0) is 22.6. The fourth-order valence-corrected chi connectivity index (χ4v) is 3.26. The number of hydrogen-bond donors (Lipinski definition) is 0. The van der Waals surface area contributed by atoms with E-state index in [2.05, 4.69) is 30.9 Å². The molecule has 0 atom stereocenters. The number of hydrogen-bond acceptors (Lipinski definition) is 4. The van der Waals surface area contributed by atoms with E-state index in [1.807, 2.05) is 66.7 Å². The summed E-state index contributed by atoms with van der Waals surface area (Å²) in [6.07, 6.45) is 3.19. The van der Waals surface area contributed by atoms with Crippen molar-refractivity contribution in [3.05, 3.63) is 107 Å². The number of nitrogens with zero attached hydrogens (tertiary/aromatic N) is 1. The number of carbonyl (C=O) groups excluding carboxylic acids is 1. The Bertz CT molecular complexity index is 993. The van der Waals surface area contributed by atoms with Crippen LogP contribution in [0.25, 0.3) is 6.08 Å². The van der Waals surface area contributed by atoms with Crippen LogP contribution in [-0.2, 0) is 29.3 Å². The van der Waals surface area contributed by atoms with Gasteiger partial charge in [-0.3, -0.25) is 4.90 Å². The molecule has 3 rings (SSSR count). The van der Waals surface area contributed by atoms with Gasteiger partial charge in [0.2, 0.25) is 0 Å². The minimum atomic E-state index is -0.368. The van der Waals surface area contributed by atoms with Crippen molar-refractivity contribution in [2.45, 2.75) is 33.6 Å². The van der Waals surface area contributed by atoms with Crippen molar-refractivity contribution in [1.82, 2.24) is 4.90 Å². The molecule has 4 heteroatoms. The van der Waals surface area contributed by atoms with E-state index in [0.717, 1.165) is 42.1 Å². The van der Waals surface area contributed by atoms with Crippen LogP contribution in [-0.4, -0.2) is 24.0 Å². The highest BCUT2D eigenvalue weighted by Crippen LogP contribution is 2.16. The lowest BCUT2D eigenvalue weighted by atomic mass is 10.1. The minimum Gasteiger partial charge on any atom is -0.489 e. The minimum absolute atomic E-state index is 0.259. The fraction of sp³-hybridized carbons (Fsp3) is 0.250. The highest BCUT2D eigenvalue weighted by Gasteiger charge is 2.03. The third kappa shape index (κ3) is 7.71. The first-order chi connectivity index (χ1) is 15.7. The Hall–Kier alpha value is -3.37. The second-order valence-electron chi connectivity index (χ2n) is 7.57. The molecule has 0 aromatic heterocycles. The molecule has 0 aliphatic carbocycles. The van der Waals surface area contributed by atoms with E-state index in [9.17, 15) is 4.79 Å². The van der Waals surface area contributed by atoms with Gasteiger partial charge in [0, 0.05) is 12.6 Å². The van der Waals surface area contributed by atoms with E-state index < -0.39 is 0 Å². The van der Waals surface area contributed by atoms with Crippen LogP contribution >= 0.6 is 0 Å². The molecule has 3 aromatic rings. The summed E-state index contributed by atoms with van der Waals surface area (Å²) in [7, 11) is 0. The quantitative estimate of drug-likeness (QED) is 0.282. The summed E-state index contributed by atoms with van der Waals surface area (Å²) in [5.41, 5.74) is 4.23. The van der Waals surface area contributed by atoms with Crippen LogP contribution in [0.5, 0.6) is 5.75 Å². The molecular formula is C28H31NO3. The summed E-state index contributed by atoms with van der Waals surface area (Å²) in [6.45, 7) is 8.09. The van der Waals surface area contributed by atoms with Crippen LogP contribution < -0.4 is 4.74 Å². The summed E-state index contributed by atoms with van der Waals surface area (Å²) >= 11 is 0. The number of rotatable bonds is 11. The van der Waals surface area contributed by atoms with Gasteiger partial charge in [-0.05, 0) is 53.6 Å². The standard InChI is InChI=1S/C28H31NO3/c1-3-29(4-2)20-24-13-15-26(16-14-24)22-32-28(30)18-17-23-11-8-12-27(19-23)31-21-25-9-6-5-7-10-25/h5-19H,3-4,20-22H2,1-2H3/b18-17+. The second-order valence-corrected chi connectivity index (χ2v) is 7.57. The molecule has 0 aliphatic heterocycles. The zero-order valence-corrected chi connectivity index (χ0v) is 18.9. The van der Waals surface area contributed by atoms with E-state index in [-0.39, 0.29) is 12.6 Å². The first-order valence-corrected chi connectivity index (χ1v) is 11.1. The largest absolute Gasteiger partial charge is 0.489 e. The molecule has 0 bridgehead atoms. The predicted octanol–water partition coefficient (Wildman–Crippen LogP) is 5.86. The molecule has 0 spiro atoms. The highest BCUT2D eigenvalue weighted by molar-refractivity contribution is 5.87. The van der Waals surface area contributed by atoms with Gasteiger partial charge in [-0.1, -0.05) is 80.6 Å². The summed E-state index contributed by atoms with van der Waals surface area (Å²) in [6, 6.07) is 25.9. The monoisotopic (exact) mass is 429 g/mol. The van der Waals surface area contributed by atoms with Gasteiger partial charge in [0.25, 0.3) is 0 Å². The first kappa shape index (κ1) is 23.3. The average Bonchev–Trinajstić information content (AvgIpc) is 2.85. The van der Waals surface area contributed by atoms with E-state index >= 15 is 0 Å². The Labute approximate surface area is 191 Å². The maximum Gasteiger partial charge on any atom is 0.331 e. The molecule has 166 valence electrons. The molecule has 0 amide bonds. The van der Waals surface area contributed by atoms with Crippen LogP contribution in [0.1, 0.15) is 36.1 Å². The van der Waals surface area contributed by atoms with Gasteiger partial charge in [-0.25, -0.2) is 4.79 Å². The molecule has 32 heavy (non-hydrogen) atoms. The molecule has 0 radical (unpaired) electrons. The third-order valence-corrected chi connectivity index (χ3v) is 5.22. The van der Waals surface area contributed by atoms with Gasteiger partial charge < -0.3 is 9.47 Å². The topological polar surface area (TPSA) is 38.8 Å². The Morgan fingerprint density at radius 2 is 1.50 bits per heavy atom. The van der Waals surface area contributed by atoms with Gasteiger partial charge in [0.15, 0.2) is 0 Å². The predicted molar refractivity (Wildman–Crippen MR) is 129 cm³/mol. The van der Waals surface area contributed by atoms with Crippen molar-refractivity contribution in [3.8, 4) is 5.75 Å². The summed E-state index contributed by atoms with van der Waals surface area (Å²) in [5.74, 6) is 0.391. The zero-order valence-electron chi connectivity index (χ0n) is 18.9. The van der Waals surface area contributed by atoms with Crippen molar-refractivity contribution in [2.75, 3.05) is 13.1 Å². The molecule has 0 saturated carbocycles. The smallest absolute Gasteiger partial charge is 0.331 e. The third-order valence-electron chi connectivity index (χ3n) is 5.22. The molecule has 0 unspecified atom stereocenters. The van der Waals surface area contributed by atoms with E-state index in [4.69, 9.17) is 9.47 Å². The van der Waals surface area contributed by atoms with Gasteiger partial charge >= 0.3 is 5.97 Å². The van der Waals surface area contributed by atoms with E-state index in [1.165, 1.54) is 11.6 Å². The SMILES string of the molecule is CCN(CC)Cc1ccc(COC(=O)/C=C/c2cccc(OCc3ccccc3)c2)cc1. The summed E-state index contributed by atoms with van der Waals surface area (Å²) in [4.78, 5) is 14.5. The lowest BCUT2D eigenvalue weighted by molar-refractivity contribution is -0.138. The molecule has 4 nitrogen and oxygen atoms in total. The molecular weight excluding hydrogens is 398 g/mol. The Kier molecular flexibility index (Phi) is 9.08. The van der Waals surface area contributed by atoms with E-state index in [0.29, 0.717) is 6.61 Å². The maximum absolute atomic E-state index is 12.1. The van der Waals surface area contributed by atoms with Crippen molar-refractivity contribution in [3.63, 3.8) is 0 Å². The molecule has 0 heterocycles. The maximum atomic E-state index is 12.1. The van der Waals surface area contributed by atoms with Gasteiger partial charge in [0.1, 0.15) is 19.0 Å². The summed E-state index contributed by atoms with van der Waals surface area (Å²) < 4.78 is 11.2. The van der Waals surface area contributed by atoms with Crippen LogP contribution in [0.4, 0.5) is 0 Å². The molecule has 0 fully saturated rings. The fourth-order valence-electron chi connectivity index (χ4n) is 3.26. The highest BCUT2D eigenvalue weighted by atomic mass is 16.5. The van der Waals surface area contributed by atoms with Crippen LogP contribution in [0.15, 0.2) is 84.9 Å². The van der Waals surface area contributed by atoms with Gasteiger partial charge in [-0.15, -0.1) is 0 Å². The Morgan fingerprint density at radius 1 is 0.812 bits per heavy atom. The van der Waals surface area contributed by atoms with Crippen LogP contribution in [0.3, 0.4) is 0 Å². The molecule has 0 saturated heterocycles.